The Morgan fingerprint density at radius 1 is 0.258 bits per heavy atom. The summed E-state index contributed by atoms with van der Waals surface area (Å²) in [7, 11) is 0. The van der Waals surface area contributed by atoms with Crippen molar-refractivity contribution >= 4 is 63.0 Å². The molecule has 4 heteroatoms. The van der Waals surface area contributed by atoms with E-state index in [-0.39, 0.29) is 0 Å². The second-order valence-corrected chi connectivity index (χ2v) is 17.8. The highest BCUT2D eigenvalue weighted by Gasteiger charge is 2.14. The lowest BCUT2D eigenvalue weighted by Crippen LogP contribution is -1.90. The molecular weight excluding hydrogens is 789 g/mol. The van der Waals surface area contributed by atoms with E-state index in [1.165, 1.54) is 84.9 Å². The van der Waals surface area contributed by atoms with E-state index in [1.54, 1.807) is 0 Å². The molecule has 12 rings (SSSR count). The summed E-state index contributed by atoms with van der Waals surface area (Å²) < 4.78 is 5.32. The number of rotatable bonds is 7. The zero-order valence-corrected chi connectivity index (χ0v) is 35.1. The van der Waals surface area contributed by atoms with E-state index in [2.05, 4.69) is 206 Å². The van der Waals surface area contributed by atoms with Gasteiger partial charge in [-0.05, 0) is 115 Å². The Labute approximate surface area is 367 Å². The molecule has 0 unspecified atom stereocenters. The maximum atomic E-state index is 4.77. The van der Waals surface area contributed by atoms with Gasteiger partial charge in [0.05, 0.1) is 11.4 Å². The van der Waals surface area contributed by atoms with Gasteiger partial charge in [0.15, 0.2) is 0 Å². The fraction of sp³-hybridized carbons (Fsp3) is 0. The zero-order chi connectivity index (χ0) is 41.0. The van der Waals surface area contributed by atoms with Crippen molar-refractivity contribution in [3.63, 3.8) is 0 Å². The third-order valence-electron chi connectivity index (χ3n) is 12.0. The predicted octanol–water partition coefficient (Wildman–Crippen LogP) is 16.9. The van der Waals surface area contributed by atoms with Crippen molar-refractivity contribution in [2.45, 2.75) is 0 Å². The summed E-state index contributed by atoms with van der Waals surface area (Å²) in [6.07, 6.45) is 3.77. The first kappa shape index (κ1) is 36.4. The maximum absolute atomic E-state index is 4.77. The summed E-state index contributed by atoms with van der Waals surface area (Å²) in [4.78, 5) is 9.53. The van der Waals surface area contributed by atoms with E-state index in [0.717, 1.165) is 33.6 Å². The lowest BCUT2D eigenvalue weighted by Gasteiger charge is -2.10. The first-order chi connectivity index (χ1) is 30.7. The van der Waals surface area contributed by atoms with Crippen molar-refractivity contribution in [3.8, 4) is 78.1 Å². The van der Waals surface area contributed by atoms with Crippen LogP contribution in [-0.2, 0) is 0 Å². The van der Waals surface area contributed by atoms with Crippen molar-refractivity contribution < 1.29 is 0 Å². The molecule has 4 heterocycles. The standard InChI is InChI=1S/C58H36N2S2/c1-3-19-55-49(13-1)51-17-7-15-47(57(51)61-55)45-11-5-9-41(33-45)37-21-25-39(26-22-37)43-29-31-59-53(35-43)54-36-44(30-32-60-54)40-27-23-38(24-28-40)42-10-6-12-46(34-42)48-16-8-18-52-50-14-2-4-20-56(50)62-58(48)52/h1-36H. The topological polar surface area (TPSA) is 25.8 Å². The number of benzene rings is 8. The van der Waals surface area contributed by atoms with Crippen LogP contribution in [0, 0.1) is 0 Å². The van der Waals surface area contributed by atoms with Gasteiger partial charge in [0.25, 0.3) is 0 Å². The third-order valence-corrected chi connectivity index (χ3v) is 14.5. The highest BCUT2D eigenvalue weighted by atomic mass is 32.1. The predicted molar refractivity (Wildman–Crippen MR) is 266 cm³/mol. The monoisotopic (exact) mass is 824 g/mol. The van der Waals surface area contributed by atoms with E-state index >= 15 is 0 Å². The smallest absolute Gasteiger partial charge is 0.0892 e. The van der Waals surface area contributed by atoms with Gasteiger partial charge in [0.1, 0.15) is 0 Å². The molecule has 0 amide bonds. The summed E-state index contributed by atoms with van der Waals surface area (Å²) in [5, 5.41) is 5.29. The average Bonchev–Trinajstić information content (AvgIpc) is 3.93. The Balaban J connectivity index is 0.786. The number of thiophene rings is 2. The minimum atomic E-state index is 0.846. The third kappa shape index (κ3) is 6.49. The first-order valence-electron chi connectivity index (χ1n) is 20.9. The lowest BCUT2D eigenvalue weighted by molar-refractivity contribution is 1.25. The van der Waals surface area contributed by atoms with Crippen LogP contribution in [0.1, 0.15) is 0 Å². The molecule has 0 fully saturated rings. The Kier molecular flexibility index (Phi) is 8.91. The van der Waals surface area contributed by atoms with Crippen molar-refractivity contribution in [2.75, 3.05) is 0 Å². The van der Waals surface area contributed by atoms with E-state index in [9.17, 15) is 0 Å². The van der Waals surface area contributed by atoms with Crippen LogP contribution in [0.4, 0.5) is 0 Å². The highest BCUT2D eigenvalue weighted by Crippen LogP contribution is 2.42. The van der Waals surface area contributed by atoms with Gasteiger partial charge in [-0.15, -0.1) is 22.7 Å². The molecule has 4 aromatic heterocycles. The molecule has 0 bridgehead atoms. The number of hydrogen-bond acceptors (Lipinski definition) is 4. The number of fused-ring (bicyclic) bond motifs is 6. The summed E-state index contributed by atoms with van der Waals surface area (Å²) in [5.41, 5.74) is 16.0. The zero-order valence-electron chi connectivity index (χ0n) is 33.5. The molecule has 0 N–H and O–H groups in total. The Bertz CT molecular complexity index is 3390. The number of hydrogen-bond donors (Lipinski definition) is 0. The van der Waals surface area contributed by atoms with Gasteiger partial charge in [0, 0.05) is 52.7 Å². The molecule has 0 aliphatic heterocycles. The Morgan fingerprint density at radius 3 is 1.05 bits per heavy atom. The molecule has 0 radical (unpaired) electrons. The van der Waals surface area contributed by atoms with Crippen LogP contribution in [0.3, 0.4) is 0 Å². The molecule has 0 saturated carbocycles. The Morgan fingerprint density at radius 2 is 0.613 bits per heavy atom. The minimum Gasteiger partial charge on any atom is -0.255 e. The fourth-order valence-electron chi connectivity index (χ4n) is 8.89. The molecule has 0 spiro atoms. The van der Waals surface area contributed by atoms with Gasteiger partial charge in [0.2, 0.25) is 0 Å². The normalized spacial score (nSPS) is 11.5. The van der Waals surface area contributed by atoms with Crippen LogP contribution in [0.5, 0.6) is 0 Å². The minimum absolute atomic E-state index is 0.846. The molecule has 12 aromatic rings. The molecule has 2 nitrogen and oxygen atoms in total. The molecule has 8 aromatic carbocycles. The molecule has 290 valence electrons. The second-order valence-electron chi connectivity index (χ2n) is 15.7. The van der Waals surface area contributed by atoms with Crippen molar-refractivity contribution in [3.05, 3.63) is 219 Å². The number of aromatic nitrogens is 2. The van der Waals surface area contributed by atoms with Crippen LogP contribution in [0.25, 0.3) is 118 Å². The van der Waals surface area contributed by atoms with Gasteiger partial charge >= 0.3 is 0 Å². The van der Waals surface area contributed by atoms with E-state index in [4.69, 9.17) is 9.97 Å². The first-order valence-corrected chi connectivity index (χ1v) is 22.5. The lowest BCUT2D eigenvalue weighted by atomic mass is 9.96. The maximum Gasteiger partial charge on any atom is 0.0892 e. The summed E-state index contributed by atoms with van der Waals surface area (Å²) in [5.74, 6) is 0. The average molecular weight is 825 g/mol. The highest BCUT2D eigenvalue weighted by molar-refractivity contribution is 7.26. The molecule has 0 saturated heterocycles. The van der Waals surface area contributed by atoms with Gasteiger partial charge in [-0.2, -0.15) is 0 Å². The van der Waals surface area contributed by atoms with E-state index < -0.39 is 0 Å². The van der Waals surface area contributed by atoms with Gasteiger partial charge in [-0.1, -0.05) is 158 Å². The van der Waals surface area contributed by atoms with Crippen LogP contribution in [0.2, 0.25) is 0 Å². The van der Waals surface area contributed by atoms with E-state index in [0.29, 0.717) is 0 Å². The second kappa shape index (κ2) is 15.2. The van der Waals surface area contributed by atoms with Crippen LogP contribution < -0.4 is 0 Å². The molecule has 0 atom stereocenters. The van der Waals surface area contributed by atoms with Crippen molar-refractivity contribution in [1.29, 1.82) is 0 Å². The molecule has 0 aliphatic rings. The van der Waals surface area contributed by atoms with E-state index in [1.807, 2.05) is 35.1 Å². The molecule has 62 heavy (non-hydrogen) atoms. The van der Waals surface area contributed by atoms with Crippen molar-refractivity contribution in [1.82, 2.24) is 9.97 Å². The molecular formula is C58H36N2S2. The van der Waals surface area contributed by atoms with Crippen LogP contribution in [-0.4, -0.2) is 9.97 Å². The van der Waals surface area contributed by atoms with Gasteiger partial charge in [-0.25, -0.2) is 0 Å². The van der Waals surface area contributed by atoms with Crippen LogP contribution in [0.15, 0.2) is 219 Å². The summed E-state index contributed by atoms with van der Waals surface area (Å²) >= 11 is 3.75. The Hall–Kier alpha value is -7.50. The SMILES string of the molecule is c1cc(-c2ccc(-c3ccnc(-c4cc(-c5ccc(-c6cccc(-c7cccc8c7sc7ccccc78)c6)cc5)ccn4)c3)cc2)cc(-c2cccc3c2sc2ccccc23)c1. The van der Waals surface area contributed by atoms with Crippen LogP contribution >= 0.6 is 22.7 Å². The van der Waals surface area contributed by atoms with Gasteiger partial charge < -0.3 is 0 Å². The summed E-state index contributed by atoms with van der Waals surface area (Å²) in [6, 6.07) is 74.7. The number of pyridine rings is 2. The quantitative estimate of drug-likeness (QED) is 0.160. The largest absolute Gasteiger partial charge is 0.255 e. The van der Waals surface area contributed by atoms with Crippen molar-refractivity contribution in [2.24, 2.45) is 0 Å². The number of nitrogens with zero attached hydrogens (tertiary/aromatic N) is 2. The summed E-state index contributed by atoms with van der Waals surface area (Å²) in [6.45, 7) is 0. The fourth-order valence-corrected chi connectivity index (χ4v) is 11.4. The van der Waals surface area contributed by atoms with Gasteiger partial charge in [-0.3, -0.25) is 9.97 Å². The molecule has 0 aliphatic carbocycles.